The van der Waals surface area contributed by atoms with Crippen LogP contribution in [0.2, 0.25) is 0 Å². The molecule has 0 unspecified atom stereocenters. The summed E-state index contributed by atoms with van der Waals surface area (Å²) in [6, 6.07) is 10.0. The Kier molecular flexibility index (Phi) is 2.49. The van der Waals surface area contributed by atoms with Gasteiger partial charge >= 0.3 is 0 Å². The molecule has 1 N–H and O–H groups in total. The topological polar surface area (TPSA) is 32.3 Å². The molecule has 15 heavy (non-hydrogen) atoms. The zero-order chi connectivity index (χ0) is 10.9. The summed E-state index contributed by atoms with van der Waals surface area (Å²) >= 11 is 0. The van der Waals surface area contributed by atoms with Crippen LogP contribution < -0.4 is 5.43 Å². The van der Waals surface area contributed by atoms with Gasteiger partial charge in [0.15, 0.2) is 0 Å². The molecular weight excluding hydrogens is 188 g/mol. The van der Waals surface area contributed by atoms with Crippen LogP contribution in [0.25, 0.3) is 0 Å². The number of rotatable bonds is 3. The van der Waals surface area contributed by atoms with Gasteiger partial charge in [0.05, 0.1) is 5.41 Å². The first-order valence-corrected chi connectivity index (χ1v) is 5.19. The van der Waals surface area contributed by atoms with Gasteiger partial charge in [-0.2, -0.15) is 0 Å². The molecule has 0 atom stereocenters. The standard InChI is InChI=1S/C12H16N2O/c1-14(2)13-11(15)12(8-9-12)10-6-4-3-5-7-10/h3-7H,8-9H2,1-2H3,(H,13,15). The number of nitrogens with one attached hydrogen (secondary N) is 1. The monoisotopic (exact) mass is 204 g/mol. The zero-order valence-electron chi connectivity index (χ0n) is 9.16. The van der Waals surface area contributed by atoms with Crippen molar-refractivity contribution in [2.24, 2.45) is 0 Å². The van der Waals surface area contributed by atoms with Crippen LogP contribution in [0.4, 0.5) is 0 Å². The minimum absolute atomic E-state index is 0.110. The number of nitrogens with zero attached hydrogens (tertiary/aromatic N) is 1. The molecule has 0 heterocycles. The molecular formula is C12H16N2O. The first kappa shape index (κ1) is 10.2. The molecule has 0 saturated heterocycles. The Labute approximate surface area is 90.1 Å². The van der Waals surface area contributed by atoms with Gasteiger partial charge in [0, 0.05) is 14.1 Å². The van der Waals surface area contributed by atoms with E-state index in [1.54, 1.807) is 5.01 Å². The summed E-state index contributed by atoms with van der Waals surface area (Å²) in [5.74, 6) is 0.110. The Morgan fingerprint density at radius 3 is 2.33 bits per heavy atom. The third-order valence-corrected chi connectivity index (χ3v) is 2.84. The molecule has 1 aromatic carbocycles. The molecule has 1 saturated carbocycles. The molecule has 3 nitrogen and oxygen atoms in total. The minimum atomic E-state index is -0.258. The lowest BCUT2D eigenvalue weighted by Gasteiger charge is -2.19. The van der Waals surface area contributed by atoms with Crippen molar-refractivity contribution in [3.05, 3.63) is 35.9 Å². The van der Waals surface area contributed by atoms with Crippen molar-refractivity contribution < 1.29 is 4.79 Å². The van der Waals surface area contributed by atoms with Gasteiger partial charge in [-0.1, -0.05) is 30.3 Å². The number of hydrogen-bond donors (Lipinski definition) is 1. The highest BCUT2D eigenvalue weighted by Crippen LogP contribution is 2.48. The Balaban J connectivity index is 2.18. The largest absolute Gasteiger partial charge is 0.289 e. The van der Waals surface area contributed by atoms with Gasteiger partial charge in [-0.25, -0.2) is 5.01 Å². The molecule has 2 rings (SSSR count). The van der Waals surface area contributed by atoms with E-state index < -0.39 is 0 Å². The van der Waals surface area contributed by atoms with Crippen LogP contribution in [-0.2, 0) is 10.2 Å². The molecule has 1 aliphatic rings. The van der Waals surface area contributed by atoms with Gasteiger partial charge in [-0.05, 0) is 18.4 Å². The van der Waals surface area contributed by atoms with Crippen molar-refractivity contribution in [2.75, 3.05) is 14.1 Å². The molecule has 0 aromatic heterocycles. The lowest BCUT2D eigenvalue weighted by Crippen LogP contribution is -2.42. The van der Waals surface area contributed by atoms with Crippen molar-refractivity contribution in [1.29, 1.82) is 0 Å². The Morgan fingerprint density at radius 2 is 1.87 bits per heavy atom. The van der Waals surface area contributed by atoms with Gasteiger partial charge in [0.1, 0.15) is 0 Å². The highest BCUT2D eigenvalue weighted by molar-refractivity contribution is 5.90. The van der Waals surface area contributed by atoms with E-state index in [0.717, 1.165) is 18.4 Å². The number of hydrogen-bond acceptors (Lipinski definition) is 2. The van der Waals surface area contributed by atoms with Crippen LogP contribution in [0.3, 0.4) is 0 Å². The molecule has 0 aliphatic heterocycles. The smallest absolute Gasteiger partial charge is 0.244 e. The highest BCUT2D eigenvalue weighted by Gasteiger charge is 2.51. The summed E-state index contributed by atoms with van der Waals surface area (Å²) in [7, 11) is 3.66. The molecule has 1 aromatic rings. The van der Waals surface area contributed by atoms with Crippen LogP contribution >= 0.6 is 0 Å². The predicted molar refractivity (Wildman–Crippen MR) is 59.2 cm³/mol. The molecule has 1 amide bonds. The molecule has 0 spiro atoms. The zero-order valence-corrected chi connectivity index (χ0v) is 9.16. The van der Waals surface area contributed by atoms with Crippen molar-refractivity contribution in [3.8, 4) is 0 Å². The Hall–Kier alpha value is -1.35. The van der Waals surface area contributed by atoms with E-state index in [0.29, 0.717) is 0 Å². The van der Waals surface area contributed by atoms with E-state index in [9.17, 15) is 4.79 Å². The number of hydrazine groups is 1. The van der Waals surface area contributed by atoms with Crippen molar-refractivity contribution in [1.82, 2.24) is 10.4 Å². The SMILES string of the molecule is CN(C)NC(=O)C1(c2ccccc2)CC1. The Bertz CT molecular complexity index is 355. The fourth-order valence-electron chi connectivity index (χ4n) is 1.84. The summed E-state index contributed by atoms with van der Waals surface area (Å²) < 4.78 is 0. The van der Waals surface area contributed by atoms with Crippen molar-refractivity contribution in [3.63, 3.8) is 0 Å². The van der Waals surface area contributed by atoms with Crippen LogP contribution in [0.15, 0.2) is 30.3 Å². The second-order valence-corrected chi connectivity index (χ2v) is 4.28. The second-order valence-electron chi connectivity index (χ2n) is 4.28. The normalized spacial score (nSPS) is 17.5. The highest BCUT2D eigenvalue weighted by atomic mass is 16.2. The molecule has 0 bridgehead atoms. The van der Waals surface area contributed by atoms with E-state index in [4.69, 9.17) is 0 Å². The maximum atomic E-state index is 12.0. The third-order valence-electron chi connectivity index (χ3n) is 2.84. The van der Waals surface area contributed by atoms with Crippen molar-refractivity contribution >= 4 is 5.91 Å². The van der Waals surface area contributed by atoms with Crippen molar-refractivity contribution in [2.45, 2.75) is 18.3 Å². The number of carbonyl (C=O) groups excluding carboxylic acids is 1. The molecule has 1 fully saturated rings. The van der Waals surface area contributed by atoms with Gasteiger partial charge in [0.25, 0.3) is 0 Å². The van der Waals surface area contributed by atoms with Crippen LogP contribution in [-0.4, -0.2) is 25.0 Å². The summed E-state index contributed by atoms with van der Waals surface area (Å²) in [6.45, 7) is 0. The molecule has 0 radical (unpaired) electrons. The van der Waals surface area contributed by atoms with Crippen LogP contribution in [0.5, 0.6) is 0 Å². The van der Waals surface area contributed by atoms with Crippen LogP contribution in [0.1, 0.15) is 18.4 Å². The Morgan fingerprint density at radius 1 is 1.27 bits per heavy atom. The van der Waals surface area contributed by atoms with E-state index in [-0.39, 0.29) is 11.3 Å². The first-order valence-electron chi connectivity index (χ1n) is 5.19. The van der Waals surface area contributed by atoms with Gasteiger partial charge in [-0.15, -0.1) is 0 Å². The quantitative estimate of drug-likeness (QED) is 0.753. The average Bonchev–Trinajstić information content (AvgIpc) is 2.99. The average molecular weight is 204 g/mol. The third kappa shape index (κ3) is 1.88. The molecule has 3 heteroatoms. The summed E-state index contributed by atoms with van der Waals surface area (Å²) in [6.07, 6.45) is 1.91. The fraction of sp³-hybridized carbons (Fsp3) is 0.417. The maximum absolute atomic E-state index is 12.0. The molecule has 80 valence electrons. The minimum Gasteiger partial charge on any atom is -0.289 e. The fourth-order valence-corrected chi connectivity index (χ4v) is 1.84. The first-order chi connectivity index (χ1) is 7.15. The van der Waals surface area contributed by atoms with Gasteiger partial charge in [0.2, 0.25) is 5.91 Å². The second kappa shape index (κ2) is 3.66. The molecule has 1 aliphatic carbocycles. The van der Waals surface area contributed by atoms with E-state index in [1.807, 2.05) is 44.4 Å². The van der Waals surface area contributed by atoms with Crippen LogP contribution in [0, 0.1) is 0 Å². The predicted octanol–water partition coefficient (Wildman–Crippen LogP) is 1.31. The lowest BCUT2D eigenvalue weighted by molar-refractivity contribution is -0.127. The summed E-state index contributed by atoms with van der Waals surface area (Å²) in [5.41, 5.74) is 3.71. The summed E-state index contributed by atoms with van der Waals surface area (Å²) in [5, 5.41) is 1.70. The number of amides is 1. The number of benzene rings is 1. The lowest BCUT2D eigenvalue weighted by atomic mass is 9.95. The summed E-state index contributed by atoms with van der Waals surface area (Å²) in [4.78, 5) is 12.0. The van der Waals surface area contributed by atoms with E-state index in [2.05, 4.69) is 5.43 Å². The van der Waals surface area contributed by atoms with Gasteiger partial charge in [-0.3, -0.25) is 10.2 Å². The number of carbonyl (C=O) groups is 1. The van der Waals surface area contributed by atoms with Gasteiger partial charge < -0.3 is 0 Å². The van der Waals surface area contributed by atoms with E-state index >= 15 is 0 Å². The van der Waals surface area contributed by atoms with E-state index in [1.165, 1.54) is 0 Å². The maximum Gasteiger partial charge on any atom is 0.244 e.